The van der Waals surface area contributed by atoms with Crippen LogP contribution in [0.15, 0.2) is 42.6 Å². The number of carbonyl (C=O) groups is 1. The van der Waals surface area contributed by atoms with Gasteiger partial charge >= 0.3 is 0 Å². The van der Waals surface area contributed by atoms with Crippen molar-refractivity contribution in [3.8, 4) is 0 Å². The fourth-order valence-corrected chi connectivity index (χ4v) is 2.82. The van der Waals surface area contributed by atoms with E-state index in [9.17, 15) is 4.79 Å². The minimum atomic E-state index is -0.200. The Balaban J connectivity index is 1.87. The number of pyridine rings is 1. The fraction of sp³-hybridized carbons (Fsp3) is 0.250. The van der Waals surface area contributed by atoms with Crippen LogP contribution in [0.1, 0.15) is 16.8 Å². The number of aliphatic hydroxyl groups is 1. The number of rotatable bonds is 3. The maximum absolute atomic E-state index is 12.5. The van der Waals surface area contributed by atoms with Crippen molar-refractivity contribution in [3.05, 3.63) is 53.2 Å². The molecule has 0 unspecified atom stereocenters. The molecule has 1 aliphatic carbocycles. The Morgan fingerprint density at radius 1 is 1.43 bits per heavy atom. The summed E-state index contributed by atoms with van der Waals surface area (Å²) in [4.78, 5) is 16.7. The Labute approximate surface area is 127 Å². The Bertz CT molecular complexity index is 714. The standard InChI is InChI=1S/C16H15ClN2O2/c17-12-7-11-2-1-5-18-15(11)14(8-12)16(21)19-13-4-3-10(6-13)9-20/h1-5,7-8,10,13,20H,6,9H2,(H,19,21)/t10-,13+/m0/s1. The molecule has 0 bridgehead atoms. The van der Waals surface area contributed by atoms with Gasteiger partial charge in [0.25, 0.3) is 5.91 Å². The van der Waals surface area contributed by atoms with Crippen LogP contribution < -0.4 is 5.32 Å². The van der Waals surface area contributed by atoms with Crippen molar-refractivity contribution < 1.29 is 9.90 Å². The highest BCUT2D eigenvalue weighted by Crippen LogP contribution is 2.23. The lowest BCUT2D eigenvalue weighted by Gasteiger charge is -2.14. The number of amides is 1. The third-order valence-electron chi connectivity index (χ3n) is 3.64. The van der Waals surface area contributed by atoms with Crippen LogP contribution in [0, 0.1) is 5.92 Å². The lowest BCUT2D eigenvalue weighted by atomic mass is 10.1. The van der Waals surface area contributed by atoms with Gasteiger partial charge in [0.05, 0.1) is 11.1 Å². The predicted molar refractivity (Wildman–Crippen MR) is 82.3 cm³/mol. The van der Waals surface area contributed by atoms with E-state index in [1.807, 2.05) is 24.3 Å². The molecule has 21 heavy (non-hydrogen) atoms. The summed E-state index contributed by atoms with van der Waals surface area (Å²) in [6.07, 6.45) is 6.22. The molecule has 1 aromatic carbocycles. The van der Waals surface area contributed by atoms with Gasteiger partial charge in [-0.05, 0) is 24.6 Å². The van der Waals surface area contributed by atoms with Gasteiger partial charge < -0.3 is 10.4 Å². The number of aromatic nitrogens is 1. The summed E-state index contributed by atoms with van der Waals surface area (Å²) in [5.41, 5.74) is 1.11. The molecule has 1 aliphatic rings. The average molecular weight is 303 g/mol. The highest BCUT2D eigenvalue weighted by molar-refractivity contribution is 6.32. The summed E-state index contributed by atoms with van der Waals surface area (Å²) in [5.74, 6) is -0.0843. The molecule has 5 heteroatoms. The van der Waals surface area contributed by atoms with E-state index in [1.165, 1.54) is 0 Å². The molecule has 1 aromatic heterocycles. The van der Waals surface area contributed by atoms with E-state index in [0.29, 0.717) is 22.5 Å². The van der Waals surface area contributed by atoms with E-state index in [0.717, 1.165) is 5.39 Å². The van der Waals surface area contributed by atoms with Gasteiger partial charge in [-0.3, -0.25) is 9.78 Å². The summed E-state index contributed by atoms with van der Waals surface area (Å²) < 4.78 is 0. The van der Waals surface area contributed by atoms with Crippen molar-refractivity contribution in [3.63, 3.8) is 0 Å². The van der Waals surface area contributed by atoms with E-state index < -0.39 is 0 Å². The number of fused-ring (bicyclic) bond motifs is 1. The molecule has 4 nitrogen and oxygen atoms in total. The van der Waals surface area contributed by atoms with Crippen LogP contribution in [0.5, 0.6) is 0 Å². The lowest BCUT2D eigenvalue weighted by Crippen LogP contribution is -2.33. The lowest BCUT2D eigenvalue weighted by molar-refractivity contribution is 0.0942. The number of carbonyl (C=O) groups excluding carboxylic acids is 1. The van der Waals surface area contributed by atoms with Crippen LogP contribution in [-0.2, 0) is 0 Å². The van der Waals surface area contributed by atoms with Gasteiger partial charge in [0.15, 0.2) is 0 Å². The molecule has 2 aromatic rings. The fourth-order valence-electron chi connectivity index (χ4n) is 2.59. The molecule has 0 saturated carbocycles. The topological polar surface area (TPSA) is 62.2 Å². The first kappa shape index (κ1) is 14.0. The smallest absolute Gasteiger partial charge is 0.254 e. The second-order valence-electron chi connectivity index (χ2n) is 5.17. The largest absolute Gasteiger partial charge is 0.396 e. The number of hydrogen-bond donors (Lipinski definition) is 2. The van der Waals surface area contributed by atoms with Crippen LogP contribution in [0.25, 0.3) is 10.9 Å². The molecule has 3 rings (SSSR count). The molecule has 0 saturated heterocycles. The van der Waals surface area contributed by atoms with Crippen LogP contribution in [0.4, 0.5) is 0 Å². The van der Waals surface area contributed by atoms with Gasteiger partial charge in [-0.15, -0.1) is 0 Å². The van der Waals surface area contributed by atoms with Crippen molar-refractivity contribution >= 4 is 28.4 Å². The Morgan fingerprint density at radius 3 is 3.05 bits per heavy atom. The monoisotopic (exact) mass is 302 g/mol. The predicted octanol–water partition coefficient (Wildman–Crippen LogP) is 2.56. The molecular weight excluding hydrogens is 288 g/mol. The third-order valence-corrected chi connectivity index (χ3v) is 3.86. The quantitative estimate of drug-likeness (QED) is 0.857. The second-order valence-corrected chi connectivity index (χ2v) is 5.61. The SMILES string of the molecule is O=C(N[C@@H]1C=C[C@H](CO)C1)c1cc(Cl)cc2cccnc12. The Kier molecular flexibility index (Phi) is 3.90. The van der Waals surface area contributed by atoms with E-state index in [1.54, 1.807) is 18.3 Å². The average Bonchev–Trinajstić information content (AvgIpc) is 2.94. The molecule has 0 aliphatic heterocycles. The minimum Gasteiger partial charge on any atom is -0.396 e. The van der Waals surface area contributed by atoms with Crippen molar-refractivity contribution in [2.45, 2.75) is 12.5 Å². The van der Waals surface area contributed by atoms with Crippen LogP contribution in [-0.4, -0.2) is 28.6 Å². The van der Waals surface area contributed by atoms with E-state index >= 15 is 0 Å². The highest BCUT2D eigenvalue weighted by atomic mass is 35.5. The van der Waals surface area contributed by atoms with Crippen LogP contribution in [0.3, 0.4) is 0 Å². The number of hydrogen-bond acceptors (Lipinski definition) is 3. The van der Waals surface area contributed by atoms with Gasteiger partial charge in [0.2, 0.25) is 0 Å². The molecule has 108 valence electrons. The molecule has 2 N–H and O–H groups in total. The molecule has 0 fully saturated rings. The first-order valence-corrected chi connectivity index (χ1v) is 7.19. The van der Waals surface area contributed by atoms with Crippen LogP contribution in [0.2, 0.25) is 5.02 Å². The molecule has 0 radical (unpaired) electrons. The van der Waals surface area contributed by atoms with Gasteiger partial charge in [0, 0.05) is 35.2 Å². The molecule has 1 amide bonds. The molecular formula is C16H15ClN2O2. The maximum atomic E-state index is 12.5. The zero-order valence-corrected chi connectivity index (χ0v) is 12.0. The van der Waals surface area contributed by atoms with Gasteiger partial charge in [0.1, 0.15) is 0 Å². The van der Waals surface area contributed by atoms with E-state index in [4.69, 9.17) is 16.7 Å². The second kappa shape index (κ2) is 5.84. The number of nitrogens with one attached hydrogen (secondary N) is 1. The zero-order chi connectivity index (χ0) is 14.8. The van der Waals surface area contributed by atoms with E-state index in [-0.39, 0.29) is 24.5 Å². The summed E-state index contributed by atoms with van der Waals surface area (Å²) in [6, 6.07) is 7.05. The van der Waals surface area contributed by atoms with Crippen molar-refractivity contribution in [2.75, 3.05) is 6.61 Å². The summed E-state index contributed by atoms with van der Waals surface area (Å²) in [5, 5.41) is 13.4. The molecule has 0 spiro atoms. The highest BCUT2D eigenvalue weighted by Gasteiger charge is 2.21. The maximum Gasteiger partial charge on any atom is 0.254 e. The first-order chi connectivity index (χ1) is 10.2. The summed E-state index contributed by atoms with van der Waals surface area (Å²) in [6.45, 7) is 0.102. The van der Waals surface area contributed by atoms with Crippen LogP contribution >= 0.6 is 11.6 Å². The minimum absolute atomic E-state index is 0.0626. The summed E-state index contributed by atoms with van der Waals surface area (Å²) >= 11 is 6.08. The van der Waals surface area contributed by atoms with E-state index in [2.05, 4.69) is 10.3 Å². The molecule has 2 atom stereocenters. The zero-order valence-electron chi connectivity index (χ0n) is 11.3. The number of benzene rings is 1. The molecule has 1 heterocycles. The summed E-state index contributed by atoms with van der Waals surface area (Å²) in [7, 11) is 0. The van der Waals surface area contributed by atoms with Crippen molar-refractivity contribution in [1.82, 2.24) is 10.3 Å². The number of halogens is 1. The number of aliphatic hydroxyl groups excluding tert-OH is 1. The van der Waals surface area contributed by atoms with Gasteiger partial charge in [-0.25, -0.2) is 0 Å². The Morgan fingerprint density at radius 2 is 2.29 bits per heavy atom. The first-order valence-electron chi connectivity index (χ1n) is 6.81. The van der Waals surface area contributed by atoms with Gasteiger partial charge in [-0.1, -0.05) is 29.8 Å². The normalized spacial score (nSPS) is 20.9. The Hall–Kier alpha value is -1.91. The van der Waals surface area contributed by atoms with Crippen molar-refractivity contribution in [2.24, 2.45) is 5.92 Å². The van der Waals surface area contributed by atoms with Crippen molar-refractivity contribution in [1.29, 1.82) is 0 Å². The van der Waals surface area contributed by atoms with Gasteiger partial charge in [-0.2, -0.15) is 0 Å². The number of nitrogens with zero attached hydrogens (tertiary/aromatic N) is 1. The third kappa shape index (κ3) is 2.91.